The van der Waals surface area contributed by atoms with E-state index in [1.165, 1.54) is 12.0 Å². The number of rotatable bonds is 9. The van der Waals surface area contributed by atoms with Gasteiger partial charge in [0.05, 0.1) is 13.2 Å². The van der Waals surface area contributed by atoms with E-state index in [2.05, 4.69) is 4.98 Å². The molecule has 1 aromatic heterocycles. The maximum Gasteiger partial charge on any atom is 0.354 e. The van der Waals surface area contributed by atoms with Crippen LogP contribution in [0.3, 0.4) is 0 Å². The number of carbonyl (C=O) groups is 3. The predicted molar refractivity (Wildman–Crippen MR) is 114 cm³/mol. The quantitative estimate of drug-likeness (QED) is 0.368. The summed E-state index contributed by atoms with van der Waals surface area (Å²) in [5, 5.41) is 0.524. The van der Waals surface area contributed by atoms with Gasteiger partial charge in [-0.05, 0) is 57.0 Å². The van der Waals surface area contributed by atoms with E-state index < -0.39 is 12.0 Å². The van der Waals surface area contributed by atoms with Gasteiger partial charge in [0.2, 0.25) is 0 Å². The Balaban J connectivity index is 2.37. The van der Waals surface area contributed by atoms with E-state index in [4.69, 9.17) is 21.1 Å². The first-order valence-electron chi connectivity index (χ1n) is 9.60. The number of Topliss-reactive ketones (excluding diaryl/α,β-unsaturated/α-hetero) is 1. The number of ketones is 1. The Morgan fingerprint density at radius 3 is 2.33 bits per heavy atom. The molecule has 0 saturated carbocycles. The molecular formula is C22H27ClN2O5. The number of esters is 1. The number of aryl methyl sites for hydroxylation is 1. The summed E-state index contributed by atoms with van der Waals surface area (Å²) in [6.45, 7) is 5.89. The molecule has 0 spiro atoms. The van der Waals surface area contributed by atoms with Crippen molar-refractivity contribution in [2.24, 2.45) is 0 Å². The highest BCUT2D eigenvalue weighted by Gasteiger charge is 2.31. The lowest BCUT2D eigenvalue weighted by Crippen LogP contribution is -2.44. The second kappa shape index (κ2) is 10.4. The van der Waals surface area contributed by atoms with Gasteiger partial charge in [-0.15, -0.1) is 0 Å². The van der Waals surface area contributed by atoms with Gasteiger partial charge in [0.15, 0.2) is 5.78 Å². The van der Waals surface area contributed by atoms with Gasteiger partial charge in [-0.2, -0.15) is 0 Å². The van der Waals surface area contributed by atoms with Gasteiger partial charge in [-0.25, -0.2) is 4.79 Å². The van der Waals surface area contributed by atoms with Crippen molar-refractivity contribution in [3.8, 4) is 0 Å². The highest BCUT2D eigenvalue weighted by molar-refractivity contribution is 6.30. The minimum Gasteiger partial charge on any atom is -0.464 e. The Morgan fingerprint density at radius 1 is 1.13 bits per heavy atom. The van der Waals surface area contributed by atoms with E-state index in [-0.39, 0.29) is 17.4 Å². The highest BCUT2D eigenvalue weighted by Crippen LogP contribution is 2.23. The van der Waals surface area contributed by atoms with E-state index in [1.54, 1.807) is 52.1 Å². The molecule has 1 atom stereocenters. The van der Waals surface area contributed by atoms with Crippen LogP contribution in [0.2, 0.25) is 5.02 Å². The van der Waals surface area contributed by atoms with E-state index in [0.29, 0.717) is 47.0 Å². The van der Waals surface area contributed by atoms with Crippen molar-refractivity contribution in [3.63, 3.8) is 0 Å². The summed E-state index contributed by atoms with van der Waals surface area (Å²) in [5.74, 6) is -1.07. The topological polar surface area (TPSA) is 88.7 Å². The van der Waals surface area contributed by atoms with Gasteiger partial charge in [-0.1, -0.05) is 11.6 Å². The first-order valence-corrected chi connectivity index (χ1v) is 9.97. The summed E-state index contributed by atoms with van der Waals surface area (Å²) in [7, 11) is 2.87. The molecule has 7 nitrogen and oxygen atoms in total. The minimum atomic E-state index is -0.747. The summed E-state index contributed by atoms with van der Waals surface area (Å²) in [5.41, 5.74) is 2.13. The number of carbonyl (C=O) groups excluding carboxylic acids is 3. The average Bonchev–Trinajstić information content (AvgIpc) is 3.03. The number of aromatic nitrogens is 1. The van der Waals surface area contributed by atoms with Crippen LogP contribution in [-0.4, -0.2) is 61.0 Å². The number of hydrogen-bond acceptors (Lipinski definition) is 5. The van der Waals surface area contributed by atoms with E-state index in [9.17, 15) is 14.4 Å². The van der Waals surface area contributed by atoms with Crippen molar-refractivity contribution in [2.45, 2.75) is 33.2 Å². The fourth-order valence-electron chi connectivity index (χ4n) is 3.38. The summed E-state index contributed by atoms with van der Waals surface area (Å²) in [4.78, 5) is 42.9. The SMILES string of the molecule is COCCCN(C(=O)c1ccc(Cl)cc1)[C@H](C)C(=O)c1c(C)[nH]c(C(=O)OC)c1C. The number of nitrogens with zero attached hydrogens (tertiary/aromatic N) is 1. The second-order valence-corrected chi connectivity index (χ2v) is 7.45. The Hall–Kier alpha value is -2.64. The molecule has 0 aliphatic heterocycles. The fourth-order valence-corrected chi connectivity index (χ4v) is 3.51. The van der Waals surface area contributed by atoms with Crippen LogP contribution < -0.4 is 0 Å². The molecule has 2 rings (SSSR count). The number of methoxy groups -OCH3 is 2. The molecule has 0 bridgehead atoms. The number of hydrogen-bond donors (Lipinski definition) is 1. The van der Waals surface area contributed by atoms with Crippen LogP contribution in [0.1, 0.15) is 55.8 Å². The molecule has 30 heavy (non-hydrogen) atoms. The highest BCUT2D eigenvalue weighted by atomic mass is 35.5. The van der Waals surface area contributed by atoms with E-state index in [1.807, 2.05) is 0 Å². The van der Waals surface area contributed by atoms with Gasteiger partial charge in [0, 0.05) is 42.1 Å². The van der Waals surface area contributed by atoms with Gasteiger partial charge >= 0.3 is 5.97 Å². The number of halogens is 1. The third-order valence-corrected chi connectivity index (χ3v) is 5.27. The van der Waals surface area contributed by atoms with Crippen molar-refractivity contribution in [3.05, 3.63) is 57.4 Å². The molecule has 1 aromatic carbocycles. The molecule has 0 aliphatic carbocycles. The molecule has 1 N–H and O–H groups in total. The molecule has 1 amide bonds. The van der Waals surface area contributed by atoms with Crippen LogP contribution in [0.4, 0.5) is 0 Å². The van der Waals surface area contributed by atoms with Gasteiger partial charge in [-0.3, -0.25) is 9.59 Å². The first kappa shape index (κ1) is 23.6. The number of nitrogens with one attached hydrogen (secondary N) is 1. The molecule has 2 aromatic rings. The molecule has 8 heteroatoms. The largest absolute Gasteiger partial charge is 0.464 e. The smallest absolute Gasteiger partial charge is 0.354 e. The zero-order valence-corrected chi connectivity index (χ0v) is 18.6. The lowest BCUT2D eigenvalue weighted by atomic mass is 9.99. The van der Waals surface area contributed by atoms with Crippen molar-refractivity contribution in [1.29, 1.82) is 0 Å². The number of benzene rings is 1. The van der Waals surface area contributed by atoms with Crippen molar-refractivity contribution in [2.75, 3.05) is 27.4 Å². The molecule has 0 unspecified atom stereocenters. The van der Waals surface area contributed by atoms with Crippen LogP contribution in [0.25, 0.3) is 0 Å². The fraction of sp³-hybridized carbons (Fsp3) is 0.409. The van der Waals surface area contributed by atoms with E-state index in [0.717, 1.165) is 0 Å². The normalized spacial score (nSPS) is 11.8. The summed E-state index contributed by atoms with van der Waals surface area (Å²) in [6, 6.07) is 5.79. The van der Waals surface area contributed by atoms with E-state index >= 15 is 0 Å². The van der Waals surface area contributed by atoms with Gasteiger partial charge in [0.25, 0.3) is 5.91 Å². The predicted octanol–water partition coefficient (Wildman–Crippen LogP) is 3.82. The lowest BCUT2D eigenvalue weighted by molar-refractivity contribution is 0.0591. The maximum absolute atomic E-state index is 13.4. The van der Waals surface area contributed by atoms with Crippen LogP contribution in [-0.2, 0) is 9.47 Å². The summed E-state index contributed by atoms with van der Waals surface area (Å²) >= 11 is 5.93. The number of amides is 1. The molecule has 162 valence electrons. The van der Waals surface area contributed by atoms with Crippen LogP contribution in [0, 0.1) is 13.8 Å². The first-order chi connectivity index (χ1) is 14.2. The summed E-state index contributed by atoms with van der Waals surface area (Å²) < 4.78 is 9.88. The maximum atomic E-state index is 13.4. The third kappa shape index (κ3) is 5.09. The van der Waals surface area contributed by atoms with Crippen LogP contribution >= 0.6 is 11.6 Å². The number of ether oxygens (including phenoxy) is 2. The molecular weight excluding hydrogens is 408 g/mol. The minimum absolute atomic E-state index is 0.237. The Bertz CT molecular complexity index is 920. The zero-order valence-electron chi connectivity index (χ0n) is 17.9. The zero-order chi connectivity index (χ0) is 22.4. The monoisotopic (exact) mass is 434 g/mol. The Kier molecular flexibility index (Phi) is 8.20. The average molecular weight is 435 g/mol. The van der Waals surface area contributed by atoms with Crippen molar-refractivity contribution < 1.29 is 23.9 Å². The Labute approximate surface area is 181 Å². The van der Waals surface area contributed by atoms with Crippen LogP contribution in [0.15, 0.2) is 24.3 Å². The van der Waals surface area contributed by atoms with Crippen molar-refractivity contribution >= 4 is 29.3 Å². The molecule has 0 fully saturated rings. The summed E-state index contributed by atoms with van der Waals surface area (Å²) in [6.07, 6.45) is 0.575. The van der Waals surface area contributed by atoms with Crippen molar-refractivity contribution in [1.82, 2.24) is 9.88 Å². The number of H-pyrrole nitrogens is 1. The van der Waals surface area contributed by atoms with Gasteiger partial charge < -0.3 is 19.4 Å². The molecule has 1 heterocycles. The third-order valence-electron chi connectivity index (χ3n) is 5.02. The van der Waals surface area contributed by atoms with Gasteiger partial charge in [0.1, 0.15) is 5.69 Å². The second-order valence-electron chi connectivity index (χ2n) is 7.01. The molecule has 0 saturated heterocycles. The molecule has 0 radical (unpaired) electrons. The molecule has 0 aliphatic rings. The standard InChI is InChI=1S/C22H27ClN2O5/c1-13-18(14(2)24-19(13)22(28)30-5)20(26)15(3)25(11-6-12-29-4)21(27)16-7-9-17(23)10-8-16/h7-10,15,24H,6,11-12H2,1-5H3/t15-/m1/s1. The lowest BCUT2D eigenvalue weighted by Gasteiger charge is -2.29. The van der Waals surface area contributed by atoms with Crippen LogP contribution in [0.5, 0.6) is 0 Å². The number of aromatic amines is 1. The Morgan fingerprint density at radius 2 is 1.77 bits per heavy atom.